The minimum absolute atomic E-state index is 0.0165. The second-order valence-electron chi connectivity index (χ2n) is 7.27. The van der Waals surface area contributed by atoms with Crippen LogP contribution in [0.25, 0.3) is 10.9 Å². The molecule has 144 valence electrons. The minimum atomic E-state index is -0.835. The number of hydrogen-bond donors (Lipinski definition) is 3. The molecule has 1 aliphatic rings. The molecule has 1 aliphatic carbocycles. The van der Waals surface area contributed by atoms with E-state index in [1.165, 1.54) is 5.56 Å². The normalized spacial score (nSPS) is 18.4. The molecule has 0 aliphatic heterocycles. The van der Waals surface area contributed by atoms with Crippen molar-refractivity contribution in [3.8, 4) is 0 Å². The monoisotopic (exact) mass is 378 g/mol. The molecule has 2 aromatic carbocycles. The first-order valence-corrected chi connectivity index (χ1v) is 9.37. The number of aromatic nitrogens is 1. The van der Waals surface area contributed by atoms with Crippen molar-refractivity contribution in [2.45, 2.75) is 37.8 Å². The molecular formula is C22H22N2O4. The number of fused-ring (bicyclic) bond motifs is 1. The van der Waals surface area contributed by atoms with Crippen LogP contribution in [0.15, 0.2) is 54.7 Å². The average Bonchev–Trinajstić information content (AvgIpc) is 3.06. The summed E-state index contributed by atoms with van der Waals surface area (Å²) in [6.07, 6.45) is 3.30. The summed E-state index contributed by atoms with van der Waals surface area (Å²) in [6, 6.07) is 15.4. The third-order valence-electron chi connectivity index (χ3n) is 5.25. The van der Waals surface area contributed by atoms with Crippen molar-refractivity contribution in [3.05, 3.63) is 71.4 Å². The zero-order valence-corrected chi connectivity index (χ0v) is 15.4. The van der Waals surface area contributed by atoms with E-state index in [0.29, 0.717) is 5.92 Å². The van der Waals surface area contributed by atoms with E-state index >= 15 is 0 Å². The maximum absolute atomic E-state index is 12.0. The summed E-state index contributed by atoms with van der Waals surface area (Å²) in [4.78, 5) is 26.2. The summed E-state index contributed by atoms with van der Waals surface area (Å²) in [5, 5.41) is 13.0. The van der Waals surface area contributed by atoms with Gasteiger partial charge < -0.3 is 20.1 Å². The molecule has 4 rings (SSSR count). The number of nitrogens with one attached hydrogen (secondary N) is 2. The highest BCUT2D eigenvalue weighted by Gasteiger charge is 2.33. The van der Waals surface area contributed by atoms with Crippen molar-refractivity contribution in [2.24, 2.45) is 0 Å². The van der Waals surface area contributed by atoms with Gasteiger partial charge in [0.15, 0.2) is 0 Å². The van der Waals surface area contributed by atoms with Crippen LogP contribution in [0.4, 0.5) is 4.79 Å². The Morgan fingerprint density at radius 1 is 1.11 bits per heavy atom. The molecule has 0 radical (unpaired) electrons. The van der Waals surface area contributed by atoms with Crippen LogP contribution in [-0.4, -0.2) is 28.2 Å². The molecule has 3 N–H and O–H groups in total. The van der Waals surface area contributed by atoms with Crippen LogP contribution >= 0.6 is 0 Å². The summed E-state index contributed by atoms with van der Waals surface area (Å²) in [7, 11) is 0. The number of carboxylic acids is 1. The molecule has 6 heteroatoms. The SMILES string of the molecule is O=C(O)Cc1ccc2[nH]cc([C@H]3C[C@H](NC(=O)OCc4ccccc4)C3)c2c1. The molecule has 28 heavy (non-hydrogen) atoms. The molecule has 0 atom stereocenters. The van der Waals surface area contributed by atoms with E-state index in [1.54, 1.807) is 0 Å². The zero-order valence-electron chi connectivity index (χ0n) is 15.4. The number of carbonyl (C=O) groups is 2. The molecule has 3 aromatic rings. The summed E-state index contributed by atoms with van der Waals surface area (Å²) < 4.78 is 5.27. The third-order valence-corrected chi connectivity index (χ3v) is 5.25. The quantitative estimate of drug-likeness (QED) is 0.605. The van der Waals surface area contributed by atoms with Gasteiger partial charge in [-0.1, -0.05) is 36.4 Å². The van der Waals surface area contributed by atoms with E-state index in [2.05, 4.69) is 10.3 Å². The molecule has 6 nitrogen and oxygen atoms in total. The van der Waals surface area contributed by atoms with Crippen molar-refractivity contribution in [2.75, 3.05) is 0 Å². The van der Waals surface area contributed by atoms with Crippen molar-refractivity contribution in [1.29, 1.82) is 0 Å². The lowest BCUT2D eigenvalue weighted by molar-refractivity contribution is -0.136. The number of rotatable bonds is 6. The molecule has 1 fully saturated rings. The van der Waals surface area contributed by atoms with Crippen LogP contribution in [0, 0.1) is 0 Å². The zero-order chi connectivity index (χ0) is 19.5. The Morgan fingerprint density at radius 2 is 1.89 bits per heavy atom. The van der Waals surface area contributed by atoms with Crippen LogP contribution < -0.4 is 5.32 Å². The summed E-state index contributed by atoms with van der Waals surface area (Å²) in [5.41, 5.74) is 3.93. The number of alkyl carbamates (subject to hydrolysis) is 1. The van der Waals surface area contributed by atoms with Crippen molar-refractivity contribution in [3.63, 3.8) is 0 Å². The fourth-order valence-electron chi connectivity index (χ4n) is 3.73. The third kappa shape index (κ3) is 4.01. The summed E-state index contributed by atoms with van der Waals surface area (Å²) >= 11 is 0. The van der Waals surface area contributed by atoms with E-state index in [4.69, 9.17) is 9.84 Å². The van der Waals surface area contributed by atoms with Crippen LogP contribution in [0.1, 0.15) is 35.4 Å². The molecule has 1 aromatic heterocycles. The van der Waals surface area contributed by atoms with Gasteiger partial charge in [0.2, 0.25) is 0 Å². The van der Waals surface area contributed by atoms with E-state index in [1.807, 2.05) is 54.7 Å². The molecule has 1 heterocycles. The smallest absolute Gasteiger partial charge is 0.407 e. The van der Waals surface area contributed by atoms with E-state index in [9.17, 15) is 9.59 Å². The van der Waals surface area contributed by atoms with Gasteiger partial charge in [0.1, 0.15) is 6.61 Å². The fraction of sp³-hybridized carbons (Fsp3) is 0.273. The van der Waals surface area contributed by atoms with Crippen molar-refractivity contribution >= 4 is 23.0 Å². The highest BCUT2D eigenvalue weighted by atomic mass is 16.5. The van der Waals surface area contributed by atoms with Crippen molar-refractivity contribution < 1.29 is 19.4 Å². The largest absolute Gasteiger partial charge is 0.481 e. The second kappa shape index (κ2) is 7.76. The van der Waals surface area contributed by atoms with Gasteiger partial charge in [-0.15, -0.1) is 0 Å². The molecular weight excluding hydrogens is 356 g/mol. The number of hydrogen-bond acceptors (Lipinski definition) is 3. The van der Waals surface area contributed by atoms with Gasteiger partial charge in [-0.25, -0.2) is 4.79 Å². The molecule has 0 bridgehead atoms. The maximum Gasteiger partial charge on any atom is 0.407 e. The average molecular weight is 378 g/mol. The highest BCUT2D eigenvalue weighted by Crippen LogP contribution is 2.40. The molecule has 0 spiro atoms. The first kappa shape index (κ1) is 18.1. The molecule has 1 amide bonds. The van der Waals surface area contributed by atoms with Crippen LogP contribution in [-0.2, 0) is 22.6 Å². The van der Waals surface area contributed by atoms with Gasteiger partial charge in [0, 0.05) is 23.1 Å². The van der Waals surface area contributed by atoms with Gasteiger partial charge in [-0.05, 0) is 47.6 Å². The minimum Gasteiger partial charge on any atom is -0.481 e. The first-order chi connectivity index (χ1) is 13.6. The van der Waals surface area contributed by atoms with Gasteiger partial charge in [0.25, 0.3) is 0 Å². The molecule has 1 saturated carbocycles. The lowest BCUT2D eigenvalue weighted by Crippen LogP contribution is -2.43. The first-order valence-electron chi connectivity index (χ1n) is 9.37. The highest BCUT2D eigenvalue weighted by molar-refractivity contribution is 5.85. The Balaban J connectivity index is 1.32. The summed E-state index contributed by atoms with van der Waals surface area (Å²) in [5.74, 6) is -0.494. The fourth-order valence-corrected chi connectivity index (χ4v) is 3.73. The summed E-state index contributed by atoms with van der Waals surface area (Å²) in [6.45, 7) is 0.262. The van der Waals surface area contributed by atoms with Crippen LogP contribution in [0.3, 0.4) is 0 Å². The van der Waals surface area contributed by atoms with Crippen molar-refractivity contribution in [1.82, 2.24) is 10.3 Å². The standard InChI is InChI=1S/C22H22N2O4/c25-21(26)9-15-6-7-20-18(8-15)19(12-23-20)16-10-17(11-16)24-22(27)28-13-14-4-2-1-3-5-14/h1-8,12,16-17,23H,9-11,13H2,(H,24,27)(H,25,26)/t16-,17-. The van der Waals surface area contributed by atoms with Gasteiger partial charge >= 0.3 is 12.1 Å². The van der Waals surface area contributed by atoms with E-state index < -0.39 is 12.1 Å². The number of carboxylic acid groups (broad SMARTS) is 1. The van der Waals surface area contributed by atoms with Gasteiger partial charge in [-0.3, -0.25) is 4.79 Å². The maximum atomic E-state index is 12.0. The second-order valence-corrected chi connectivity index (χ2v) is 7.27. The molecule has 0 saturated heterocycles. The number of benzene rings is 2. The number of aliphatic carboxylic acids is 1. The Bertz CT molecular complexity index is 990. The predicted octanol–water partition coefficient (Wildman–Crippen LogP) is 3.97. The van der Waals surface area contributed by atoms with E-state index in [-0.39, 0.29) is 19.1 Å². The van der Waals surface area contributed by atoms with Crippen LogP contribution in [0.5, 0.6) is 0 Å². The number of aromatic amines is 1. The van der Waals surface area contributed by atoms with E-state index in [0.717, 1.165) is 34.9 Å². The van der Waals surface area contributed by atoms with Crippen LogP contribution in [0.2, 0.25) is 0 Å². The Morgan fingerprint density at radius 3 is 2.64 bits per heavy atom. The number of amides is 1. The predicted molar refractivity (Wildman–Crippen MR) is 105 cm³/mol. The Kier molecular flexibility index (Phi) is 5.02. The van der Waals surface area contributed by atoms with Gasteiger partial charge in [0.05, 0.1) is 6.42 Å². The Labute approximate surface area is 162 Å². The Hall–Kier alpha value is -3.28. The molecule has 0 unspecified atom stereocenters. The number of carbonyl (C=O) groups excluding carboxylic acids is 1. The lowest BCUT2D eigenvalue weighted by atomic mass is 9.76. The lowest BCUT2D eigenvalue weighted by Gasteiger charge is -2.35. The van der Waals surface area contributed by atoms with Gasteiger partial charge in [-0.2, -0.15) is 0 Å². The number of ether oxygens (including phenoxy) is 1. The topological polar surface area (TPSA) is 91.4 Å². The number of H-pyrrole nitrogens is 1.